The minimum Gasteiger partial charge on any atom is -0.355 e. The van der Waals surface area contributed by atoms with E-state index in [0.717, 1.165) is 38.3 Å². The molecule has 0 aliphatic heterocycles. The first kappa shape index (κ1) is 29.0. The van der Waals surface area contributed by atoms with E-state index in [4.69, 9.17) is 17.3 Å². The quantitative estimate of drug-likeness (QED) is 0.0855. The van der Waals surface area contributed by atoms with E-state index in [0.29, 0.717) is 6.79 Å². The molecule has 0 saturated carbocycles. The van der Waals surface area contributed by atoms with Crippen LogP contribution in [0.4, 0.5) is 0 Å². The van der Waals surface area contributed by atoms with Crippen LogP contribution in [0.5, 0.6) is 0 Å². The summed E-state index contributed by atoms with van der Waals surface area (Å²) < 4.78 is 11.4. The van der Waals surface area contributed by atoms with Crippen molar-refractivity contribution < 1.29 is 9.47 Å². The Bertz CT molecular complexity index is 270. The SMILES string of the molecule is [B]CCCCCCOCOCCC(CCCCCCCC)CCCCCCCC. The summed E-state index contributed by atoms with van der Waals surface area (Å²) >= 11 is 0. The zero-order chi connectivity index (χ0) is 21.3. The molecule has 2 radical (unpaired) electrons. The molecule has 0 atom stereocenters. The number of ether oxygens (including phenoxy) is 2. The van der Waals surface area contributed by atoms with Crippen LogP contribution in [0.2, 0.25) is 6.32 Å². The zero-order valence-electron chi connectivity index (χ0n) is 20.2. The van der Waals surface area contributed by atoms with Crippen LogP contribution < -0.4 is 0 Å². The van der Waals surface area contributed by atoms with Gasteiger partial charge in [0.2, 0.25) is 0 Å². The second-order valence-corrected chi connectivity index (χ2v) is 8.90. The van der Waals surface area contributed by atoms with E-state index in [-0.39, 0.29) is 0 Å². The van der Waals surface area contributed by atoms with Crippen LogP contribution in [0.15, 0.2) is 0 Å². The zero-order valence-corrected chi connectivity index (χ0v) is 20.2. The molecule has 29 heavy (non-hydrogen) atoms. The highest BCUT2D eigenvalue weighted by Gasteiger charge is 2.09. The average molecular weight is 409 g/mol. The van der Waals surface area contributed by atoms with Crippen molar-refractivity contribution in [3.05, 3.63) is 0 Å². The Balaban J connectivity index is 3.74. The smallest absolute Gasteiger partial charge is 0.146 e. The molecule has 0 rings (SSSR count). The Kier molecular flexibility index (Phi) is 26.0. The summed E-state index contributed by atoms with van der Waals surface area (Å²) in [5, 5.41) is 0. The first-order chi connectivity index (χ1) is 14.3. The highest BCUT2D eigenvalue weighted by atomic mass is 16.7. The van der Waals surface area contributed by atoms with Gasteiger partial charge in [-0.3, -0.25) is 0 Å². The normalized spacial score (nSPS) is 11.6. The largest absolute Gasteiger partial charge is 0.355 e. The van der Waals surface area contributed by atoms with Gasteiger partial charge in [0.15, 0.2) is 0 Å². The minimum absolute atomic E-state index is 0.470. The summed E-state index contributed by atoms with van der Waals surface area (Å²) in [4.78, 5) is 0. The molecule has 0 spiro atoms. The van der Waals surface area contributed by atoms with E-state index in [1.54, 1.807) is 0 Å². The number of hydrogen-bond acceptors (Lipinski definition) is 2. The molecule has 172 valence electrons. The summed E-state index contributed by atoms with van der Waals surface area (Å²) in [6, 6.07) is 0. The van der Waals surface area contributed by atoms with Crippen molar-refractivity contribution in [3.8, 4) is 0 Å². The van der Waals surface area contributed by atoms with Gasteiger partial charge < -0.3 is 9.47 Å². The lowest BCUT2D eigenvalue weighted by Gasteiger charge is -2.17. The molecule has 2 nitrogen and oxygen atoms in total. The van der Waals surface area contributed by atoms with Crippen LogP contribution in [0, 0.1) is 5.92 Å². The number of hydrogen-bond donors (Lipinski definition) is 0. The molecular formula is C26H53BO2. The van der Waals surface area contributed by atoms with Gasteiger partial charge in [-0.2, -0.15) is 0 Å². The van der Waals surface area contributed by atoms with E-state index < -0.39 is 0 Å². The van der Waals surface area contributed by atoms with Crippen molar-refractivity contribution in [1.29, 1.82) is 0 Å². The summed E-state index contributed by atoms with van der Waals surface area (Å²) in [6.07, 6.45) is 26.3. The first-order valence-corrected chi connectivity index (χ1v) is 13.2. The Hall–Kier alpha value is -0.0151. The van der Waals surface area contributed by atoms with Crippen molar-refractivity contribution >= 4 is 7.85 Å². The molecule has 0 N–H and O–H groups in total. The van der Waals surface area contributed by atoms with Crippen molar-refractivity contribution in [2.24, 2.45) is 5.92 Å². The van der Waals surface area contributed by atoms with Crippen LogP contribution in [0.25, 0.3) is 0 Å². The Morgan fingerprint density at radius 3 is 1.59 bits per heavy atom. The van der Waals surface area contributed by atoms with E-state index in [9.17, 15) is 0 Å². The summed E-state index contributed by atoms with van der Waals surface area (Å²) in [5.41, 5.74) is 0. The predicted octanol–water partition coefficient (Wildman–Crippen LogP) is 8.63. The molecule has 3 heteroatoms. The second-order valence-electron chi connectivity index (χ2n) is 8.90. The Morgan fingerprint density at radius 2 is 1.00 bits per heavy atom. The molecule has 0 saturated heterocycles. The van der Waals surface area contributed by atoms with Crippen molar-refractivity contribution in [3.63, 3.8) is 0 Å². The molecule has 0 bridgehead atoms. The van der Waals surface area contributed by atoms with Gasteiger partial charge in [-0.1, -0.05) is 129 Å². The monoisotopic (exact) mass is 408 g/mol. The van der Waals surface area contributed by atoms with Crippen LogP contribution in [-0.4, -0.2) is 27.9 Å². The number of unbranched alkanes of at least 4 members (excludes halogenated alkanes) is 13. The van der Waals surface area contributed by atoms with Gasteiger partial charge in [0.25, 0.3) is 0 Å². The van der Waals surface area contributed by atoms with Crippen LogP contribution in [-0.2, 0) is 9.47 Å². The van der Waals surface area contributed by atoms with Crippen LogP contribution in [0.1, 0.15) is 136 Å². The Labute approximate surface area is 185 Å². The summed E-state index contributed by atoms with van der Waals surface area (Å²) in [7, 11) is 5.51. The molecule has 0 amide bonds. The van der Waals surface area contributed by atoms with Gasteiger partial charge in [0.05, 0.1) is 7.85 Å². The maximum Gasteiger partial charge on any atom is 0.146 e. The summed E-state index contributed by atoms with van der Waals surface area (Å²) in [6.45, 7) is 6.75. The van der Waals surface area contributed by atoms with Gasteiger partial charge >= 0.3 is 0 Å². The maximum atomic E-state index is 5.77. The molecule has 0 aromatic heterocycles. The predicted molar refractivity (Wildman–Crippen MR) is 130 cm³/mol. The second kappa shape index (κ2) is 26.0. The highest BCUT2D eigenvalue weighted by Crippen LogP contribution is 2.22. The van der Waals surface area contributed by atoms with Crippen LogP contribution >= 0.6 is 0 Å². The van der Waals surface area contributed by atoms with Crippen LogP contribution in [0.3, 0.4) is 0 Å². The van der Waals surface area contributed by atoms with E-state index >= 15 is 0 Å². The van der Waals surface area contributed by atoms with Gasteiger partial charge in [-0.15, -0.1) is 0 Å². The molecule has 0 fully saturated rings. The van der Waals surface area contributed by atoms with E-state index in [2.05, 4.69) is 13.8 Å². The maximum absolute atomic E-state index is 5.77. The van der Waals surface area contributed by atoms with Crippen molar-refractivity contribution in [1.82, 2.24) is 0 Å². The van der Waals surface area contributed by atoms with Gasteiger partial charge in [-0.25, -0.2) is 0 Å². The number of rotatable bonds is 25. The topological polar surface area (TPSA) is 18.5 Å². The fraction of sp³-hybridized carbons (Fsp3) is 1.00. The van der Waals surface area contributed by atoms with Gasteiger partial charge in [-0.05, 0) is 18.8 Å². The third kappa shape index (κ3) is 24.1. The Morgan fingerprint density at radius 1 is 0.517 bits per heavy atom. The first-order valence-electron chi connectivity index (χ1n) is 13.2. The van der Waals surface area contributed by atoms with E-state index in [1.807, 2.05) is 0 Å². The van der Waals surface area contributed by atoms with Gasteiger partial charge in [0.1, 0.15) is 6.79 Å². The van der Waals surface area contributed by atoms with Crippen molar-refractivity contribution in [2.45, 2.75) is 142 Å². The fourth-order valence-electron chi connectivity index (χ4n) is 3.99. The minimum atomic E-state index is 0.470. The fourth-order valence-corrected chi connectivity index (χ4v) is 3.99. The third-order valence-electron chi connectivity index (χ3n) is 6.01. The van der Waals surface area contributed by atoms with E-state index in [1.165, 1.54) is 109 Å². The van der Waals surface area contributed by atoms with Gasteiger partial charge in [0, 0.05) is 13.2 Å². The molecular weight excluding hydrogens is 355 g/mol. The highest BCUT2D eigenvalue weighted by molar-refractivity contribution is 6.08. The molecule has 0 aliphatic rings. The standard InChI is InChI=1S/C26H53BO2/c1-3-5-7-9-11-15-19-26(20-16-12-10-8-6-4-2)21-24-29-25-28-23-18-14-13-17-22-27/h26H,3-25H2,1-2H3. The molecule has 0 aromatic rings. The molecule has 0 unspecified atom stereocenters. The molecule has 0 aromatic carbocycles. The van der Waals surface area contributed by atoms with Crippen molar-refractivity contribution in [2.75, 3.05) is 20.0 Å². The molecule has 0 aliphatic carbocycles. The molecule has 0 heterocycles. The summed E-state index contributed by atoms with van der Waals surface area (Å²) in [5.74, 6) is 0.851. The lowest BCUT2D eigenvalue weighted by Crippen LogP contribution is -2.09. The average Bonchev–Trinajstić information content (AvgIpc) is 2.73. The lowest BCUT2D eigenvalue weighted by molar-refractivity contribution is -0.0583. The lowest BCUT2D eigenvalue weighted by atomic mass is 9.92. The third-order valence-corrected chi connectivity index (χ3v) is 6.01.